The molecule has 0 bridgehead atoms. The van der Waals surface area contributed by atoms with Crippen LogP contribution in [-0.4, -0.2) is 54.6 Å². The van der Waals surface area contributed by atoms with Crippen LogP contribution in [0.4, 0.5) is 11.8 Å². The Balaban J connectivity index is 1.63. The van der Waals surface area contributed by atoms with Gasteiger partial charge in [0.05, 0.1) is 0 Å². The van der Waals surface area contributed by atoms with E-state index in [1.54, 1.807) is 0 Å². The number of hydrogen-bond acceptors (Lipinski definition) is 5. The summed E-state index contributed by atoms with van der Waals surface area (Å²) in [7, 11) is 1.86. The molecule has 1 saturated heterocycles. The Bertz CT molecular complexity index is 435. The lowest BCUT2D eigenvalue weighted by Gasteiger charge is -2.36. The van der Waals surface area contributed by atoms with E-state index in [-0.39, 0.29) is 0 Å². The Morgan fingerprint density at radius 3 is 2.63 bits per heavy atom. The van der Waals surface area contributed by atoms with Gasteiger partial charge < -0.3 is 10.2 Å². The fourth-order valence-electron chi connectivity index (χ4n) is 2.68. The first-order valence-electron chi connectivity index (χ1n) is 7.25. The van der Waals surface area contributed by atoms with Gasteiger partial charge in [-0.25, -0.2) is 4.98 Å². The summed E-state index contributed by atoms with van der Waals surface area (Å²) < 4.78 is 0. The lowest BCUT2D eigenvalue weighted by molar-refractivity contribution is 0.247. The standard InChI is InChI=1S/C14H23N5/c1-11-9-16-14(15-2)17-13(11)19-7-5-18(6-8-19)10-12-3-4-12/h9,12H,3-8,10H2,1-2H3,(H,15,16,17). The molecule has 1 aliphatic heterocycles. The normalized spacial score (nSPS) is 20.6. The van der Waals surface area contributed by atoms with E-state index in [4.69, 9.17) is 0 Å². The minimum Gasteiger partial charge on any atom is -0.357 e. The summed E-state index contributed by atoms with van der Waals surface area (Å²) >= 11 is 0. The van der Waals surface area contributed by atoms with Crippen LogP contribution in [0, 0.1) is 12.8 Å². The highest BCUT2D eigenvalue weighted by Crippen LogP contribution is 2.30. The topological polar surface area (TPSA) is 44.3 Å². The van der Waals surface area contributed by atoms with E-state index in [9.17, 15) is 0 Å². The van der Waals surface area contributed by atoms with Crippen LogP contribution in [0.3, 0.4) is 0 Å². The molecular weight excluding hydrogens is 238 g/mol. The van der Waals surface area contributed by atoms with Crippen LogP contribution in [0.15, 0.2) is 6.20 Å². The number of piperazine rings is 1. The largest absolute Gasteiger partial charge is 0.357 e. The van der Waals surface area contributed by atoms with Gasteiger partial charge in [-0.1, -0.05) is 0 Å². The molecule has 1 aromatic rings. The van der Waals surface area contributed by atoms with Crippen LogP contribution in [-0.2, 0) is 0 Å². The number of anilines is 2. The lowest BCUT2D eigenvalue weighted by Crippen LogP contribution is -2.47. The number of rotatable bonds is 4. The Morgan fingerprint density at radius 1 is 1.26 bits per heavy atom. The zero-order chi connectivity index (χ0) is 13.2. The molecule has 0 radical (unpaired) electrons. The van der Waals surface area contributed by atoms with Gasteiger partial charge in [0.25, 0.3) is 0 Å². The van der Waals surface area contributed by atoms with E-state index in [1.165, 1.54) is 19.4 Å². The van der Waals surface area contributed by atoms with Crippen LogP contribution in [0.25, 0.3) is 0 Å². The van der Waals surface area contributed by atoms with Gasteiger partial charge >= 0.3 is 0 Å². The van der Waals surface area contributed by atoms with E-state index in [0.717, 1.165) is 43.5 Å². The Hall–Kier alpha value is -1.36. The Morgan fingerprint density at radius 2 is 2.00 bits per heavy atom. The first-order valence-corrected chi connectivity index (χ1v) is 7.25. The molecule has 0 atom stereocenters. The molecule has 5 nitrogen and oxygen atoms in total. The smallest absolute Gasteiger partial charge is 0.224 e. The average Bonchev–Trinajstić information content (AvgIpc) is 3.24. The van der Waals surface area contributed by atoms with Crippen molar-refractivity contribution in [2.24, 2.45) is 5.92 Å². The van der Waals surface area contributed by atoms with E-state index in [2.05, 4.69) is 32.0 Å². The highest BCUT2D eigenvalue weighted by Gasteiger charge is 2.27. The Labute approximate surface area is 115 Å². The summed E-state index contributed by atoms with van der Waals surface area (Å²) in [5.74, 6) is 2.79. The molecule has 104 valence electrons. The quantitative estimate of drug-likeness (QED) is 0.886. The summed E-state index contributed by atoms with van der Waals surface area (Å²) in [5.41, 5.74) is 1.16. The zero-order valence-corrected chi connectivity index (χ0v) is 11.9. The predicted molar refractivity (Wildman–Crippen MR) is 77.7 cm³/mol. The SMILES string of the molecule is CNc1ncc(C)c(N2CCN(CC3CC3)CC2)n1. The van der Waals surface area contributed by atoms with E-state index in [1.807, 2.05) is 13.2 Å². The van der Waals surface area contributed by atoms with Crippen molar-refractivity contribution in [2.75, 3.05) is 50.0 Å². The molecular formula is C14H23N5. The summed E-state index contributed by atoms with van der Waals surface area (Å²) in [5, 5.41) is 3.02. The molecule has 2 aliphatic rings. The third-order valence-electron chi connectivity index (χ3n) is 4.05. The lowest BCUT2D eigenvalue weighted by atomic mass is 10.2. The second-order valence-electron chi connectivity index (χ2n) is 5.68. The Kier molecular flexibility index (Phi) is 3.55. The van der Waals surface area contributed by atoms with Crippen LogP contribution < -0.4 is 10.2 Å². The summed E-state index contributed by atoms with van der Waals surface area (Å²) in [6, 6.07) is 0. The van der Waals surface area contributed by atoms with Crippen molar-refractivity contribution in [2.45, 2.75) is 19.8 Å². The number of nitrogens with one attached hydrogen (secondary N) is 1. The number of aryl methyl sites for hydroxylation is 1. The van der Waals surface area contributed by atoms with Gasteiger partial charge in [0.15, 0.2) is 0 Å². The molecule has 19 heavy (non-hydrogen) atoms. The second-order valence-corrected chi connectivity index (χ2v) is 5.68. The third kappa shape index (κ3) is 2.97. The maximum atomic E-state index is 4.60. The molecule has 2 heterocycles. The summed E-state index contributed by atoms with van der Waals surface area (Å²) in [4.78, 5) is 13.8. The zero-order valence-electron chi connectivity index (χ0n) is 11.9. The van der Waals surface area contributed by atoms with Crippen molar-refractivity contribution in [3.63, 3.8) is 0 Å². The fraction of sp³-hybridized carbons (Fsp3) is 0.714. The van der Waals surface area contributed by atoms with Gasteiger partial charge in [0, 0.05) is 51.5 Å². The molecule has 0 unspecified atom stereocenters. The minimum absolute atomic E-state index is 0.709. The first kappa shape index (κ1) is 12.7. The van der Waals surface area contributed by atoms with Crippen LogP contribution in [0.1, 0.15) is 18.4 Å². The average molecular weight is 261 g/mol. The van der Waals surface area contributed by atoms with Crippen molar-refractivity contribution in [1.29, 1.82) is 0 Å². The molecule has 3 rings (SSSR count). The third-order valence-corrected chi connectivity index (χ3v) is 4.05. The highest BCUT2D eigenvalue weighted by molar-refractivity contribution is 5.49. The predicted octanol–water partition coefficient (Wildman–Crippen LogP) is 1.36. The number of hydrogen-bond donors (Lipinski definition) is 1. The van der Waals surface area contributed by atoms with Crippen molar-refractivity contribution in [3.8, 4) is 0 Å². The van der Waals surface area contributed by atoms with Gasteiger partial charge in [-0.3, -0.25) is 4.90 Å². The van der Waals surface area contributed by atoms with Crippen molar-refractivity contribution >= 4 is 11.8 Å². The van der Waals surface area contributed by atoms with Crippen LogP contribution >= 0.6 is 0 Å². The maximum Gasteiger partial charge on any atom is 0.224 e. The van der Waals surface area contributed by atoms with Crippen LogP contribution in [0.5, 0.6) is 0 Å². The second kappa shape index (κ2) is 5.33. The molecule has 1 aromatic heterocycles. The van der Waals surface area contributed by atoms with Crippen molar-refractivity contribution < 1.29 is 0 Å². The van der Waals surface area contributed by atoms with Gasteiger partial charge in [0.1, 0.15) is 5.82 Å². The molecule has 0 amide bonds. The molecule has 0 aromatic carbocycles. The van der Waals surface area contributed by atoms with E-state index >= 15 is 0 Å². The van der Waals surface area contributed by atoms with Gasteiger partial charge in [0.2, 0.25) is 5.95 Å². The monoisotopic (exact) mass is 261 g/mol. The number of nitrogens with zero attached hydrogens (tertiary/aromatic N) is 4. The van der Waals surface area contributed by atoms with Crippen LogP contribution in [0.2, 0.25) is 0 Å². The van der Waals surface area contributed by atoms with E-state index < -0.39 is 0 Å². The maximum absolute atomic E-state index is 4.60. The minimum atomic E-state index is 0.709. The van der Waals surface area contributed by atoms with Gasteiger partial charge in [-0.15, -0.1) is 0 Å². The highest BCUT2D eigenvalue weighted by atomic mass is 15.3. The summed E-state index contributed by atoms with van der Waals surface area (Å²) in [6.07, 6.45) is 4.79. The molecule has 1 saturated carbocycles. The number of aromatic nitrogens is 2. The van der Waals surface area contributed by atoms with E-state index in [0.29, 0.717) is 5.95 Å². The molecule has 5 heteroatoms. The van der Waals surface area contributed by atoms with Crippen molar-refractivity contribution in [1.82, 2.24) is 14.9 Å². The molecule has 1 aliphatic carbocycles. The first-order chi connectivity index (χ1) is 9.26. The molecule has 2 fully saturated rings. The summed E-state index contributed by atoms with van der Waals surface area (Å²) in [6.45, 7) is 7.87. The molecule has 0 spiro atoms. The molecule has 1 N–H and O–H groups in total. The van der Waals surface area contributed by atoms with Crippen molar-refractivity contribution in [3.05, 3.63) is 11.8 Å². The van der Waals surface area contributed by atoms with Gasteiger partial charge in [-0.05, 0) is 25.7 Å². The fourth-order valence-corrected chi connectivity index (χ4v) is 2.68. The van der Waals surface area contributed by atoms with Gasteiger partial charge in [-0.2, -0.15) is 4.98 Å².